The predicted octanol–water partition coefficient (Wildman–Crippen LogP) is -0.174. The summed E-state index contributed by atoms with van der Waals surface area (Å²) in [4.78, 5) is 40.1. The molecule has 25 heavy (non-hydrogen) atoms. The number of fused-ring (bicyclic) bond motifs is 2. The molecule has 0 fully saturated rings. The minimum Gasteiger partial charge on any atom is -0.512 e. The van der Waals surface area contributed by atoms with Crippen molar-refractivity contribution in [3.8, 4) is 11.5 Å². The second-order valence-electron chi connectivity index (χ2n) is 5.91. The van der Waals surface area contributed by atoms with Crippen LogP contribution >= 0.6 is 0 Å². The molecule has 128 valence electrons. The number of Topliss-reactive ketones (excluding diaryl/α,β-unsaturated/α-hetero) is 2. The molecule has 7 heteroatoms. The van der Waals surface area contributed by atoms with E-state index in [0.29, 0.717) is 5.69 Å². The number of aliphatic hydroxyl groups is 2. The smallest absolute Gasteiger partial charge is 0.182 e. The molecule has 0 saturated carbocycles. The Kier molecular flexibility index (Phi) is 3.69. The van der Waals surface area contributed by atoms with Gasteiger partial charge in [0.05, 0.1) is 11.3 Å². The zero-order valence-electron chi connectivity index (χ0n) is 13.8. The van der Waals surface area contributed by atoms with Crippen LogP contribution in [0, 0.1) is 0 Å². The number of carbonyl (C=O) groups excluding carboxylic acids is 2. The van der Waals surface area contributed by atoms with E-state index in [0.717, 1.165) is 13.0 Å². The molecule has 1 aliphatic heterocycles. The van der Waals surface area contributed by atoms with Crippen molar-refractivity contribution < 1.29 is 24.2 Å². The molecule has 0 aromatic carbocycles. The average Bonchev–Trinajstić information content (AvgIpc) is 2.51. The maximum absolute atomic E-state index is 12.2. The van der Waals surface area contributed by atoms with Gasteiger partial charge in [-0.3, -0.25) is 14.4 Å². The van der Waals surface area contributed by atoms with Crippen LogP contribution in [0.15, 0.2) is 38.7 Å². The quantitative estimate of drug-likeness (QED) is 0.728. The van der Waals surface area contributed by atoms with E-state index in [-0.39, 0.29) is 38.9 Å². The fourth-order valence-corrected chi connectivity index (χ4v) is 2.94. The number of nitrogens with zero attached hydrogens (tertiary/aromatic N) is 1. The number of hydrogen-bond donors (Lipinski definition) is 2. The Balaban J connectivity index is 2.62. The van der Waals surface area contributed by atoms with Gasteiger partial charge in [-0.25, -0.2) is 4.98 Å². The monoisotopic (exact) mass is 341 g/mol. The second kappa shape index (κ2) is 5.49. The summed E-state index contributed by atoms with van der Waals surface area (Å²) in [6, 6.07) is 3.97. The van der Waals surface area contributed by atoms with Gasteiger partial charge in [0.25, 0.3) is 0 Å². The summed E-state index contributed by atoms with van der Waals surface area (Å²) in [5, 5.41) is 20.9. The minimum atomic E-state index is -2.24. The molecule has 0 aromatic heterocycles. The summed E-state index contributed by atoms with van der Waals surface area (Å²) in [5.41, 5.74) is -2.55. The van der Waals surface area contributed by atoms with Gasteiger partial charge in [0.1, 0.15) is 11.0 Å². The summed E-state index contributed by atoms with van der Waals surface area (Å²) in [6.45, 7) is 3.64. The highest BCUT2D eigenvalue weighted by atomic mass is 16.3. The molecule has 3 rings (SSSR count). The third kappa shape index (κ3) is 2.49. The zero-order valence-corrected chi connectivity index (χ0v) is 13.8. The molecule has 1 unspecified atom stereocenters. The van der Waals surface area contributed by atoms with Crippen molar-refractivity contribution in [3.05, 3.63) is 50.5 Å². The van der Waals surface area contributed by atoms with E-state index in [1.165, 1.54) is 32.0 Å². The molecule has 0 aromatic rings. The molecule has 0 bridgehead atoms. The lowest BCUT2D eigenvalue weighted by Gasteiger charge is -2.28. The van der Waals surface area contributed by atoms with Crippen molar-refractivity contribution in [2.45, 2.75) is 26.4 Å². The minimum absolute atomic E-state index is 0.0222. The van der Waals surface area contributed by atoms with Crippen molar-refractivity contribution in [1.29, 1.82) is 0 Å². The summed E-state index contributed by atoms with van der Waals surface area (Å²) in [6.07, 6.45) is 1.09. The van der Waals surface area contributed by atoms with E-state index in [1.807, 2.05) is 0 Å². The highest BCUT2D eigenvalue weighted by Crippen LogP contribution is 2.32. The molecule has 0 amide bonds. The third-order valence-corrected chi connectivity index (χ3v) is 4.08. The van der Waals surface area contributed by atoms with Crippen LogP contribution in [0.1, 0.15) is 20.8 Å². The number of hydrogen-bond acceptors (Lipinski definition) is 7. The Labute approximate surface area is 141 Å². The Bertz CT molecular complexity index is 1100. The predicted molar refractivity (Wildman–Crippen MR) is 88.2 cm³/mol. The zero-order chi connectivity index (χ0) is 18.5. The SMILES string of the molecule is CC(=O)C1=c2nc3ccc(=O)cc-3oc2=CC(O)(C(C)=O)C1=C(C)O. The first-order valence-electron chi connectivity index (χ1n) is 7.48. The maximum Gasteiger partial charge on any atom is 0.182 e. The van der Waals surface area contributed by atoms with Gasteiger partial charge in [-0.05, 0) is 32.9 Å². The van der Waals surface area contributed by atoms with Crippen LogP contribution in [0.4, 0.5) is 0 Å². The van der Waals surface area contributed by atoms with Gasteiger partial charge in [-0.1, -0.05) is 0 Å². The van der Waals surface area contributed by atoms with Crippen LogP contribution in [0.3, 0.4) is 0 Å². The first-order valence-corrected chi connectivity index (χ1v) is 7.48. The summed E-state index contributed by atoms with van der Waals surface area (Å²) in [7, 11) is 0. The van der Waals surface area contributed by atoms with Crippen molar-refractivity contribution in [1.82, 2.24) is 4.98 Å². The third-order valence-electron chi connectivity index (χ3n) is 4.08. The van der Waals surface area contributed by atoms with Crippen LogP contribution in [0.5, 0.6) is 0 Å². The van der Waals surface area contributed by atoms with Gasteiger partial charge in [0.2, 0.25) is 0 Å². The lowest BCUT2D eigenvalue weighted by atomic mass is 9.79. The molecule has 2 N–H and O–H groups in total. The molecule has 2 aliphatic carbocycles. The highest BCUT2D eigenvalue weighted by molar-refractivity contribution is 6.22. The van der Waals surface area contributed by atoms with Crippen LogP contribution in [0.25, 0.3) is 23.1 Å². The number of ketones is 2. The van der Waals surface area contributed by atoms with Gasteiger partial charge in [0, 0.05) is 17.7 Å². The number of aliphatic hydroxyl groups excluding tert-OH is 1. The fourth-order valence-electron chi connectivity index (χ4n) is 2.94. The molecule has 1 atom stereocenters. The van der Waals surface area contributed by atoms with Gasteiger partial charge >= 0.3 is 0 Å². The maximum atomic E-state index is 12.2. The summed E-state index contributed by atoms with van der Waals surface area (Å²) in [5.74, 6) is -1.42. The van der Waals surface area contributed by atoms with E-state index in [2.05, 4.69) is 4.98 Å². The van der Waals surface area contributed by atoms with Crippen LogP contribution in [0.2, 0.25) is 0 Å². The van der Waals surface area contributed by atoms with Crippen LogP contribution < -0.4 is 16.2 Å². The topological polar surface area (TPSA) is 118 Å². The Morgan fingerprint density at radius 2 is 1.88 bits per heavy atom. The fraction of sp³-hybridized carbons (Fsp3) is 0.222. The van der Waals surface area contributed by atoms with E-state index in [4.69, 9.17) is 4.42 Å². The Hall–Kier alpha value is -3.06. The molecule has 7 nitrogen and oxygen atoms in total. The number of aromatic nitrogens is 1. The van der Waals surface area contributed by atoms with Crippen molar-refractivity contribution in [2.24, 2.45) is 0 Å². The largest absolute Gasteiger partial charge is 0.512 e. The highest BCUT2D eigenvalue weighted by Gasteiger charge is 2.43. The number of allylic oxidation sites excluding steroid dienone is 1. The van der Waals surface area contributed by atoms with Crippen molar-refractivity contribution in [3.63, 3.8) is 0 Å². The normalized spacial score (nSPS) is 21.5. The van der Waals surface area contributed by atoms with Gasteiger partial charge in [0.15, 0.2) is 33.8 Å². The van der Waals surface area contributed by atoms with Gasteiger partial charge in [-0.2, -0.15) is 0 Å². The van der Waals surface area contributed by atoms with Crippen molar-refractivity contribution in [2.75, 3.05) is 0 Å². The molecular weight excluding hydrogens is 326 g/mol. The summed E-state index contributed by atoms with van der Waals surface area (Å²) < 4.78 is 5.61. The lowest BCUT2D eigenvalue weighted by molar-refractivity contribution is -0.126. The van der Waals surface area contributed by atoms with Crippen LogP contribution in [-0.2, 0) is 9.59 Å². The van der Waals surface area contributed by atoms with E-state index >= 15 is 0 Å². The summed E-state index contributed by atoms with van der Waals surface area (Å²) >= 11 is 0. The standard InChI is InChI=1S/C18H15NO6/c1-8(20)15-16(9(2)21)18(24,10(3)22)7-14-17(15)19-12-5-4-11(23)6-13(12)25-14/h4-7,21,24H,1-3H3. The van der Waals surface area contributed by atoms with Crippen molar-refractivity contribution >= 4 is 23.2 Å². The Morgan fingerprint density at radius 1 is 1.20 bits per heavy atom. The van der Waals surface area contributed by atoms with E-state index < -0.39 is 17.2 Å². The molecule has 0 saturated heterocycles. The number of carbonyl (C=O) groups is 2. The average molecular weight is 341 g/mol. The molecule has 1 heterocycles. The molecule has 3 aliphatic rings. The first kappa shape index (κ1) is 16.8. The second-order valence-corrected chi connectivity index (χ2v) is 5.91. The van der Waals surface area contributed by atoms with E-state index in [1.54, 1.807) is 0 Å². The molecule has 0 radical (unpaired) electrons. The number of benzene rings is 1. The first-order chi connectivity index (χ1) is 11.6. The van der Waals surface area contributed by atoms with E-state index in [9.17, 15) is 24.6 Å². The van der Waals surface area contributed by atoms with Gasteiger partial charge in [-0.15, -0.1) is 0 Å². The molecule has 0 spiro atoms. The van der Waals surface area contributed by atoms with Crippen LogP contribution in [-0.4, -0.2) is 32.4 Å². The molecular formula is C18H15NO6. The lowest BCUT2D eigenvalue weighted by Crippen LogP contribution is -2.49. The number of rotatable bonds is 2. The Morgan fingerprint density at radius 3 is 2.44 bits per heavy atom. The van der Waals surface area contributed by atoms with Gasteiger partial charge < -0.3 is 14.6 Å².